The quantitative estimate of drug-likeness (QED) is 0.595. The molecule has 0 unspecified atom stereocenters. The highest BCUT2D eigenvalue weighted by Crippen LogP contribution is 2.29. The van der Waals surface area contributed by atoms with E-state index >= 15 is 0 Å². The molecule has 0 aromatic carbocycles. The lowest BCUT2D eigenvalue weighted by atomic mass is 9.83. The third-order valence-electron chi connectivity index (χ3n) is 4.44. The first-order valence-electron chi connectivity index (χ1n) is 8.36. The molecule has 0 saturated heterocycles. The standard InChI is InChI=1S/C17H32O3/c1-4-6-16(7-5-2)17(18)20-13-15-10-8-14(9-11-15)12-19-3/h14-16H,4-13H2,1-3H3. The molecule has 118 valence electrons. The Labute approximate surface area is 124 Å². The summed E-state index contributed by atoms with van der Waals surface area (Å²) in [6.07, 6.45) is 8.82. The van der Waals surface area contributed by atoms with Crippen molar-refractivity contribution in [3.05, 3.63) is 0 Å². The number of carbonyl (C=O) groups excluding carboxylic acids is 1. The minimum atomic E-state index is 0.0349. The van der Waals surface area contributed by atoms with Crippen molar-refractivity contribution in [3.63, 3.8) is 0 Å². The molecular formula is C17H32O3. The zero-order valence-corrected chi connectivity index (χ0v) is 13.5. The Kier molecular flexibility index (Phi) is 8.92. The third-order valence-corrected chi connectivity index (χ3v) is 4.44. The Morgan fingerprint density at radius 2 is 1.50 bits per heavy atom. The third kappa shape index (κ3) is 6.25. The van der Waals surface area contributed by atoms with Crippen molar-refractivity contribution >= 4 is 5.97 Å². The Morgan fingerprint density at radius 3 is 1.95 bits per heavy atom. The monoisotopic (exact) mass is 284 g/mol. The smallest absolute Gasteiger partial charge is 0.308 e. The maximum atomic E-state index is 12.1. The first-order valence-corrected chi connectivity index (χ1v) is 8.36. The van der Waals surface area contributed by atoms with E-state index in [-0.39, 0.29) is 11.9 Å². The molecule has 1 aliphatic carbocycles. The van der Waals surface area contributed by atoms with Crippen molar-refractivity contribution in [1.29, 1.82) is 0 Å². The molecule has 0 aromatic rings. The Hall–Kier alpha value is -0.570. The SMILES string of the molecule is CCCC(CCC)C(=O)OCC1CCC(COC)CC1. The molecule has 0 bridgehead atoms. The summed E-state index contributed by atoms with van der Waals surface area (Å²) in [4.78, 5) is 12.1. The van der Waals surface area contributed by atoms with Crippen molar-refractivity contribution in [2.75, 3.05) is 20.3 Å². The summed E-state index contributed by atoms with van der Waals surface area (Å²) in [6, 6.07) is 0. The molecule has 3 heteroatoms. The van der Waals surface area contributed by atoms with Gasteiger partial charge in [-0.05, 0) is 50.4 Å². The number of rotatable bonds is 9. The van der Waals surface area contributed by atoms with E-state index < -0.39 is 0 Å². The maximum absolute atomic E-state index is 12.1. The van der Waals surface area contributed by atoms with Crippen LogP contribution in [-0.2, 0) is 14.3 Å². The minimum absolute atomic E-state index is 0.0349. The zero-order chi connectivity index (χ0) is 14.8. The maximum Gasteiger partial charge on any atom is 0.308 e. The average Bonchev–Trinajstić information content (AvgIpc) is 2.46. The molecule has 0 heterocycles. The lowest BCUT2D eigenvalue weighted by molar-refractivity contribution is -0.151. The summed E-state index contributed by atoms with van der Waals surface area (Å²) in [5.74, 6) is 1.43. The van der Waals surface area contributed by atoms with Gasteiger partial charge in [-0.15, -0.1) is 0 Å². The molecule has 20 heavy (non-hydrogen) atoms. The molecule has 1 aliphatic rings. The lowest BCUT2D eigenvalue weighted by Gasteiger charge is -2.28. The molecule has 0 atom stereocenters. The molecule has 1 saturated carbocycles. The molecule has 1 fully saturated rings. The van der Waals surface area contributed by atoms with E-state index in [9.17, 15) is 4.79 Å². The number of esters is 1. The second-order valence-corrected chi connectivity index (χ2v) is 6.25. The average molecular weight is 284 g/mol. The topological polar surface area (TPSA) is 35.5 Å². The van der Waals surface area contributed by atoms with E-state index in [4.69, 9.17) is 9.47 Å². The van der Waals surface area contributed by atoms with Crippen LogP contribution < -0.4 is 0 Å². The van der Waals surface area contributed by atoms with E-state index in [0.29, 0.717) is 18.4 Å². The van der Waals surface area contributed by atoms with Gasteiger partial charge in [0.2, 0.25) is 0 Å². The van der Waals surface area contributed by atoms with Gasteiger partial charge >= 0.3 is 5.97 Å². The van der Waals surface area contributed by atoms with Crippen molar-refractivity contribution in [1.82, 2.24) is 0 Å². The van der Waals surface area contributed by atoms with Crippen LogP contribution in [0, 0.1) is 17.8 Å². The van der Waals surface area contributed by atoms with Crippen molar-refractivity contribution in [3.8, 4) is 0 Å². The van der Waals surface area contributed by atoms with E-state index in [0.717, 1.165) is 32.3 Å². The molecule has 0 aliphatic heterocycles. The van der Waals surface area contributed by atoms with Gasteiger partial charge in [0.05, 0.1) is 12.5 Å². The van der Waals surface area contributed by atoms with Crippen LogP contribution in [0.2, 0.25) is 0 Å². The van der Waals surface area contributed by atoms with Gasteiger partial charge < -0.3 is 9.47 Å². The van der Waals surface area contributed by atoms with E-state index in [1.165, 1.54) is 25.7 Å². The first-order chi connectivity index (χ1) is 9.71. The van der Waals surface area contributed by atoms with Gasteiger partial charge in [0, 0.05) is 13.7 Å². The van der Waals surface area contributed by atoms with Crippen LogP contribution in [-0.4, -0.2) is 26.3 Å². The fraction of sp³-hybridized carbons (Fsp3) is 0.941. The second-order valence-electron chi connectivity index (χ2n) is 6.25. The van der Waals surface area contributed by atoms with E-state index in [1.807, 2.05) is 0 Å². The molecule has 0 radical (unpaired) electrons. The Balaban J connectivity index is 2.23. The lowest BCUT2D eigenvalue weighted by Crippen LogP contribution is -2.25. The van der Waals surface area contributed by atoms with Crippen LogP contribution in [0.3, 0.4) is 0 Å². The fourth-order valence-corrected chi connectivity index (χ4v) is 3.20. The highest BCUT2D eigenvalue weighted by Gasteiger charge is 2.24. The van der Waals surface area contributed by atoms with Gasteiger partial charge in [-0.1, -0.05) is 26.7 Å². The summed E-state index contributed by atoms with van der Waals surface area (Å²) in [5.41, 5.74) is 0. The summed E-state index contributed by atoms with van der Waals surface area (Å²) in [7, 11) is 1.77. The number of methoxy groups -OCH3 is 1. The zero-order valence-electron chi connectivity index (χ0n) is 13.5. The van der Waals surface area contributed by atoms with Crippen LogP contribution in [0.4, 0.5) is 0 Å². The first kappa shape index (κ1) is 17.5. The highest BCUT2D eigenvalue weighted by molar-refractivity contribution is 5.72. The summed E-state index contributed by atoms with van der Waals surface area (Å²) >= 11 is 0. The van der Waals surface area contributed by atoms with Gasteiger partial charge in [-0.2, -0.15) is 0 Å². The van der Waals surface area contributed by atoms with Gasteiger partial charge in [0.15, 0.2) is 0 Å². The molecule has 1 rings (SSSR count). The molecular weight excluding hydrogens is 252 g/mol. The van der Waals surface area contributed by atoms with Crippen LogP contribution >= 0.6 is 0 Å². The molecule has 0 N–H and O–H groups in total. The Bertz CT molecular complexity index is 251. The summed E-state index contributed by atoms with van der Waals surface area (Å²) in [6.45, 7) is 5.77. The van der Waals surface area contributed by atoms with Gasteiger partial charge in [-0.25, -0.2) is 0 Å². The molecule has 0 amide bonds. The van der Waals surface area contributed by atoms with Crippen LogP contribution in [0.15, 0.2) is 0 Å². The van der Waals surface area contributed by atoms with Crippen molar-refractivity contribution in [2.45, 2.75) is 65.2 Å². The van der Waals surface area contributed by atoms with Crippen LogP contribution in [0.25, 0.3) is 0 Å². The minimum Gasteiger partial charge on any atom is -0.465 e. The van der Waals surface area contributed by atoms with Crippen molar-refractivity contribution < 1.29 is 14.3 Å². The van der Waals surface area contributed by atoms with Gasteiger partial charge in [0.25, 0.3) is 0 Å². The summed E-state index contributed by atoms with van der Waals surface area (Å²) in [5, 5.41) is 0. The summed E-state index contributed by atoms with van der Waals surface area (Å²) < 4.78 is 10.8. The number of carbonyl (C=O) groups is 1. The van der Waals surface area contributed by atoms with Crippen molar-refractivity contribution in [2.24, 2.45) is 17.8 Å². The fourth-order valence-electron chi connectivity index (χ4n) is 3.20. The van der Waals surface area contributed by atoms with Gasteiger partial charge in [0.1, 0.15) is 0 Å². The Morgan fingerprint density at radius 1 is 1.00 bits per heavy atom. The normalized spacial score (nSPS) is 23.0. The highest BCUT2D eigenvalue weighted by atomic mass is 16.5. The van der Waals surface area contributed by atoms with Crippen LogP contribution in [0.1, 0.15) is 65.2 Å². The predicted molar refractivity (Wildman–Crippen MR) is 81.6 cm³/mol. The molecule has 0 spiro atoms. The largest absolute Gasteiger partial charge is 0.465 e. The predicted octanol–water partition coefficient (Wildman–Crippen LogP) is 4.20. The molecule has 3 nitrogen and oxygen atoms in total. The number of hydrogen-bond acceptors (Lipinski definition) is 3. The number of ether oxygens (including phenoxy) is 2. The van der Waals surface area contributed by atoms with Gasteiger partial charge in [-0.3, -0.25) is 4.79 Å². The second kappa shape index (κ2) is 10.2. The van der Waals surface area contributed by atoms with E-state index in [1.54, 1.807) is 7.11 Å². The van der Waals surface area contributed by atoms with Crippen LogP contribution in [0.5, 0.6) is 0 Å². The number of hydrogen-bond donors (Lipinski definition) is 0. The van der Waals surface area contributed by atoms with E-state index in [2.05, 4.69) is 13.8 Å². The molecule has 0 aromatic heterocycles.